The smallest absolute Gasteiger partial charge is 0.303 e. The second kappa shape index (κ2) is 7.80. The summed E-state index contributed by atoms with van der Waals surface area (Å²) in [4.78, 5) is 36.1. The average Bonchev–Trinajstić information content (AvgIpc) is 3.15. The molecule has 0 saturated carbocycles. The number of hydrogen-bond acceptors (Lipinski definition) is 5. The van der Waals surface area contributed by atoms with Crippen LogP contribution in [0.15, 0.2) is 45.7 Å². The van der Waals surface area contributed by atoms with Crippen molar-refractivity contribution < 1.29 is 23.9 Å². The number of hydrogen-bond donors (Lipinski definition) is 1. The summed E-state index contributed by atoms with van der Waals surface area (Å²) in [5, 5.41) is 8.79. The van der Waals surface area contributed by atoms with Crippen LogP contribution < -0.4 is 0 Å². The van der Waals surface area contributed by atoms with E-state index in [1.165, 1.54) is 6.08 Å². The Morgan fingerprint density at radius 1 is 1.23 bits per heavy atom. The molecule has 1 aliphatic heterocycles. The number of thioether (sulfide) groups is 1. The highest BCUT2D eigenvalue weighted by atomic mass is 35.5. The van der Waals surface area contributed by atoms with Crippen molar-refractivity contribution in [1.29, 1.82) is 0 Å². The molecule has 0 radical (unpaired) electrons. The largest absolute Gasteiger partial charge is 0.481 e. The van der Waals surface area contributed by atoms with E-state index in [0.29, 0.717) is 16.5 Å². The Morgan fingerprint density at radius 3 is 2.73 bits per heavy atom. The van der Waals surface area contributed by atoms with E-state index >= 15 is 0 Å². The summed E-state index contributed by atoms with van der Waals surface area (Å²) in [7, 11) is 0. The third kappa shape index (κ3) is 4.00. The summed E-state index contributed by atoms with van der Waals surface area (Å²) in [5.74, 6) is -0.422. The lowest BCUT2D eigenvalue weighted by atomic mass is 10.2. The maximum atomic E-state index is 12.3. The lowest BCUT2D eigenvalue weighted by molar-refractivity contribution is -0.137. The summed E-state index contributed by atoms with van der Waals surface area (Å²) >= 11 is 6.95. The molecular formula is C18H14ClNO5S. The number of furan rings is 1. The van der Waals surface area contributed by atoms with Crippen LogP contribution in [0.5, 0.6) is 0 Å². The number of benzene rings is 1. The average molecular weight is 392 g/mol. The molecule has 2 heterocycles. The van der Waals surface area contributed by atoms with Gasteiger partial charge in [0.2, 0.25) is 0 Å². The first kappa shape index (κ1) is 18.3. The number of carboxylic acid groups (broad SMARTS) is 1. The van der Waals surface area contributed by atoms with Gasteiger partial charge in [0.25, 0.3) is 11.1 Å². The third-order valence-electron chi connectivity index (χ3n) is 3.69. The van der Waals surface area contributed by atoms with Gasteiger partial charge in [-0.15, -0.1) is 0 Å². The predicted octanol–water partition coefficient (Wildman–Crippen LogP) is 4.50. The van der Waals surface area contributed by atoms with Crippen LogP contribution in [0.4, 0.5) is 4.79 Å². The minimum absolute atomic E-state index is 0.0807. The molecule has 2 amide bonds. The van der Waals surface area contributed by atoms with Gasteiger partial charge in [-0.1, -0.05) is 23.7 Å². The highest BCUT2D eigenvalue weighted by Crippen LogP contribution is 2.34. The first-order valence-corrected chi connectivity index (χ1v) is 8.97. The van der Waals surface area contributed by atoms with Gasteiger partial charge < -0.3 is 9.52 Å². The van der Waals surface area contributed by atoms with Gasteiger partial charge in [-0.25, -0.2) is 0 Å². The fourth-order valence-corrected chi connectivity index (χ4v) is 3.52. The summed E-state index contributed by atoms with van der Waals surface area (Å²) in [6.07, 6.45) is 1.63. The SMILES string of the molecule is O=C(O)CCCN1C(=O)SC(=Cc2ccc(-c3ccccc3Cl)o2)C1=O. The van der Waals surface area contributed by atoms with Gasteiger partial charge >= 0.3 is 5.97 Å². The molecule has 0 bridgehead atoms. The number of halogens is 1. The zero-order valence-electron chi connectivity index (χ0n) is 13.5. The van der Waals surface area contributed by atoms with Crippen molar-refractivity contribution in [2.24, 2.45) is 0 Å². The van der Waals surface area contributed by atoms with Crippen molar-refractivity contribution in [3.05, 3.63) is 52.1 Å². The van der Waals surface area contributed by atoms with Crippen LogP contribution >= 0.6 is 23.4 Å². The van der Waals surface area contributed by atoms with E-state index in [9.17, 15) is 14.4 Å². The number of carbonyl (C=O) groups excluding carboxylic acids is 2. The molecule has 1 saturated heterocycles. The summed E-state index contributed by atoms with van der Waals surface area (Å²) < 4.78 is 5.71. The van der Waals surface area contributed by atoms with E-state index in [-0.39, 0.29) is 24.3 Å². The predicted molar refractivity (Wildman–Crippen MR) is 98.7 cm³/mol. The molecule has 0 aliphatic carbocycles. The zero-order valence-corrected chi connectivity index (χ0v) is 15.0. The van der Waals surface area contributed by atoms with Crippen molar-refractivity contribution in [2.75, 3.05) is 6.54 Å². The van der Waals surface area contributed by atoms with Gasteiger partial charge in [0.15, 0.2) is 0 Å². The van der Waals surface area contributed by atoms with Crippen LogP contribution in [0.3, 0.4) is 0 Å². The lowest BCUT2D eigenvalue weighted by Gasteiger charge is -2.10. The second-order valence-corrected chi connectivity index (χ2v) is 6.91. The zero-order chi connectivity index (χ0) is 18.7. The highest BCUT2D eigenvalue weighted by Gasteiger charge is 2.34. The van der Waals surface area contributed by atoms with E-state index in [4.69, 9.17) is 21.1 Å². The molecule has 26 heavy (non-hydrogen) atoms. The molecule has 134 valence electrons. The standard InChI is InChI=1S/C18H14ClNO5S/c19-13-5-2-1-4-12(13)14-8-7-11(25-14)10-15-17(23)20(18(24)26-15)9-3-6-16(21)22/h1-2,4-5,7-8,10H,3,6,9H2,(H,21,22). The number of nitrogens with zero attached hydrogens (tertiary/aromatic N) is 1. The molecule has 8 heteroatoms. The van der Waals surface area contributed by atoms with Gasteiger partial charge in [0.1, 0.15) is 11.5 Å². The van der Waals surface area contributed by atoms with Crippen LogP contribution in [-0.2, 0) is 9.59 Å². The minimum Gasteiger partial charge on any atom is -0.481 e. The molecule has 1 aromatic carbocycles. The van der Waals surface area contributed by atoms with Crippen LogP contribution in [0.2, 0.25) is 5.02 Å². The third-order valence-corrected chi connectivity index (χ3v) is 4.92. The normalized spacial score (nSPS) is 15.9. The Morgan fingerprint density at radius 2 is 2.00 bits per heavy atom. The van der Waals surface area contributed by atoms with Crippen LogP contribution in [-0.4, -0.2) is 33.7 Å². The Bertz CT molecular complexity index is 904. The number of carbonyl (C=O) groups is 3. The van der Waals surface area contributed by atoms with Gasteiger partial charge in [-0.2, -0.15) is 0 Å². The maximum absolute atomic E-state index is 12.3. The van der Waals surface area contributed by atoms with E-state index in [2.05, 4.69) is 0 Å². The molecule has 3 rings (SSSR count). The molecule has 1 fully saturated rings. The topological polar surface area (TPSA) is 87.8 Å². The van der Waals surface area contributed by atoms with Gasteiger partial charge in [0.05, 0.1) is 9.93 Å². The molecule has 0 unspecified atom stereocenters. The fraction of sp³-hybridized carbons (Fsp3) is 0.167. The molecule has 1 N–H and O–H groups in total. The second-order valence-electron chi connectivity index (χ2n) is 5.51. The van der Waals surface area contributed by atoms with Crippen LogP contribution in [0.25, 0.3) is 17.4 Å². The van der Waals surface area contributed by atoms with E-state index < -0.39 is 17.1 Å². The van der Waals surface area contributed by atoms with E-state index in [1.54, 1.807) is 18.2 Å². The number of amides is 2. The number of aliphatic carboxylic acids is 1. The number of carboxylic acids is 1. The molecular weight excluding hydrogens is 378 g/mol. The maximum Gasteiger partial charge on any atom is 0.303 e. The van der Waals surface area contributed by atoms with Crippen molar-refractivity contribution in [3.8, 4) is 11.3 Å². The van der Waals surface area contributed by atoms with Gasteiger partial charge in [-0.05, 0) is 42.4 Å². The van der Waals surface area contributed by atoms with E-state index in [0.717, 1.165) is 22.2 Å². The Hall–Kier alpha value is -2.51. The minimum atomic E-state index is -0.963. The molecule has 0 atom stereocenters. The molecule has 6 nitrogen and oxygen atoms in total. The monoisotopic (exact) mass is 391 g/mol. The fourth-order valence-electron chi connectivity index (χ4n) is 2.45. The van der Waals surface area contributed by atoms with Crippen molar-refractivity contribution in [2.45, 2.75) is 12.8 Å². The van der Waals surface area contributed by atoms with Gasteiger partial charge in [-0.3, -0.25) is 19.3 Å². The van der Waals surface area contributed by atoms with Crippen molar-refractivity contribution >= 4 is 46.6 Å². The van der Waals surface area contributed by atoms with Crippen LogP contribution in [0, 0.1) is 0 Å². The Kier molecular flexibility index (Phi) is 5.49. The molecule has 1 aliphatic rings. The Labute approximate surface area is 158 Å². The first-order chi connectivity index (χ1) is 12.5. The number of rotatable bonds is 6. The molecule has 1 aromatic heterocycles. The highest BCUT2D eigenvalue weighted by molar-refractivity contribution is 8.18. The summed E-state index contributed by atoms with van der Waals surface area (Å²) in [5.41, 5.74) is 0.732. The quantitative estimate of drug-likeness (QED) is 0.729. The van der Waals surface area contributed by atoms with Gasteiger partial charge in [0, 0.05) is 24.6 Å². The Balaban J connectivity index is 1.75. The lowest BCUT2D eigenvalue weighted by Crippen LogP contribution is -2.29. The van der Waals surface area contributed by atoms with Crippen LogP contribution in [0.1, 0.15) is 18.6 Å². The summed E-state index contributed by atoms with van der Waals surface area (Å²) in [6, 6.07) is 10.7. The molecule has 2 aromatic rings. The first-order valence-electron chi connectivity index (χ1n) is 7.77. The van der Waals surface area contributed by atoms with Crippen molar-refractivity contribution in [3.63, 3.8) is 0 Å². The van der Waals surface area contributed by atoms with Crippen molar-refractivity contribution in [1.82, 2.24) is 4.90 Å². The molecule has 0 spiro atoms. The van der Waals surface area contributed by atoms with E-state index in [1.807, 2.05) is 18.2 Å². The summed E-state index contributed by atoms with van der Waals surface area (Å²) in [6.45, 7) is 0.0807. The number of imide groups is 1.